The Balaban J connectivity index is 1.27. The van der Waals surface area contributed by atoms with Gasteiger partial charge in [-0.15, -0.1) is 0 Å². The maximum atomic E-state index is 12.8. The van der Waals surface area contributed by atoms with Gasteiger partial charge in [0, 0.05) is 31.0 Å². The smallest absolute Gasteiger partial charge is 0.375 e. The van der Waals surface area contributed by atoms with Gasteiger partial charge in [0.15, 0.2) is 0 Å². The Morgan fingerprint density at radius 2 is 1.97 bits per heavy atom. The second kappa shape index (κ2) is 11.7. The quantitative estimate of drug-likeness (QED) is 0.470. The second-order valence-corrected chi connectivity index (χ2v) is 9.70. The van der Waals surface area contributed by atoms with Crippen molar-refractivity contribution < 1.29 is 14.3 Å². The van der Waals surface area contributed by atoms with Crippen LogP contribution in [0, 0.1) is 11.3 Å². The van der Waals surface area contributed by atoms with E-state index in [1.807, 2.05) is 29.2 Å². The van der Waals surface area contributed by atoms with Crippen LogP contribution in [0.25, 0.3) is 5.57 Å². The van der Waals surface area contributed by atoms with Crippen LogP contribution >= 0.6 is 0 Å². The summed E-state index contributed by atoms with van der Waals surface area (Å²) >= 11 is 0. The highest BCUT2D eigenvalue weighted by atomic mass is 16.6. The molecule has 2 N–H and O–H groups in total. The lowest BCUT2D eigenvalue weighted by Crippen LogP contribution is -2.38. The normalized spacial score (nSPS) is 15.9. The van der Waals surface area contributed by atoms with Crippen molar-refractivity contribution in [1.82, 2.24) is 19.9 Å². The predicted octanol–water partition coefficient (Wildman–Crippen LogP) is 5.19. The zero-order valence-corrected chi connectivity index (χ0v) is 21.2. The summed E-state index contributed by atoms with van der Waals surface area (Å²) in [7, 11) is 0. The predicted molar refractivity (Wildman–Crippen MR) is 142 cm³/mol. The summed E-state index contributed by atoms with van der Waals surface area (Å²) in [4.78, 5) is 37.9. The number of piperidine rings is 1. The number of likely N-dealkylation sites (tertiary alicyclic amines) is 1. The number of ether oxygens (including phenoxy) is 1. The van der Waals surface area contributed by atoms with Gasteiger partial charge in [-0.25, -0.2) is 9.78 Å². The number of pyridine rings is 1. The highest BCUT2D eigenvalue weighted by Crippen LogP contribution is 2.36. The molecule has 9 heteroatoms. The number of benzene rings is 1. The number of nitriles is 1. The lowest BCUT2D eigenvalue weighted by Gasteiger charge is -2.33. The molecule has 0 saturated carbocycles. The van der Waals surface area contributed by atoms with Gasteiger partial charge >= 0.3 is 12.1 Å². The number of H-pyrrole nitrogens is 1. The number of nitrogens with one attached hydrogen (secondary N) is 2. The molecule has 0 unspecified atom stereocenters. The van der Waals surface area contributed by atoms with E-state index < -0.39 is 6.09 Å². The number of rotatable bonds is 6. The number of anilines is 1. The molecule has 194 valence electrons. The molecule has 1 aliphatic heterocycles. The minimum atomic E-state index is -0.671. The molecular weight excluding hydrogens is 480 g/mol. The van der Waals surface area contributed by atoms with Gasteiger partial charge in [-0.05, 0) is 85.4 Å². The minimum absolute atomic E-state index is 0.0284. The highest BCUT2D eigenvalue weighted by Gasteiger charge is 2.25. The number of aromatic amines is 1. The summed E-state index contributed by atoms with van der Waals surface area (Å²) in [5.41, 5.74) is 5.34. The third-order valence-corrected chi connectivity index (χ3v) is 7.20. The summed E-state index contributed by atoms with van der Waals surface area (Å²) in [6.07, 6.45) is 12.8. The summed E-state index contributed by atoms with van der Waals surface area (Å²) in [5.74, 6) is 0.496. The van der Waals surface area contributed by atoms with E-state index in [9.17, 15) is 9.59 Å². The van der Waals surface area contributed by atoms with Crippen molar-refractivity contribution in [1.29, 1.82) is 5.26 Å². The molecule has 2 aliphatic rings. The molecule has 2 aromatic heterocycles. The molecule has 3 aromatic rings. The van der Waals surface area contributed by atoms with E-state index in [0.717, 1.165) is 56.3 Å². The third-order valence-electron chi connectivity index (χ3n) is 7.20. The Morgan fingerprint density at radius 1 is 1.16 bits per heavy atom. The monoisotopic (exact) mass is 510 g/mol. The molecule has 1 fully saturated rings. The van der Waals surface area contributed by atoms with Gasteiger partial charge in [0.25, 0.3) is 0 Å². The molecule has 9 nitrogen and oxygen atoms in total. The number of hydrogen-bond acceptors (Lipinski definition) is 6. The van der Waals surface area contributed by atoms with Crippen LogP contribution in [0.4, 0.5) is 10.5 Å². The zero-order chi connectivity index (χ0) is 26.3. The number of imidazole rings is 1. The van der Waals surface area contributed by atoms with Gasteiger partial charge in [0.05, 0.1) is 18.3 Å². The summed E-state index contributed by atoms with van der Waals surface area (Å²) < 4.78 is 5.24. The van der Waals surface area contributed by atoms with E-state index in [4.69, 9.17) is 10.00 Å². The maximum Gasteiger partial charge on any atom is 0.419 e. The van der Waals surface area contributed by atoms with Gasteiger partial charge in [0.1, 0.15) is 11.8 Å². The molecule has 0 bridgehead atoms. The Morgan fingerprint density at radius 3 is 2.68 bits per heavy atom. The summed E-state index contributed by atoms with van der Waals surface area (Å²) in [6, 6.07) is 11.8. The molecule has 1 aliphatic carbocycles. The van der Waals surface area contributed by atoms with E-state index in [2.05, 4.69) is 38.5 Å². The second-order valence-electron chi connectivity index (χ2n) is 9.70. The van der Waals surface area contributed by atoms with Crippen LogP contribution in [0.15, 0.2) is 55.0 Å². The number of allylic oxidation sites excluding steroid dienone is 2. The van der Waals surface area contributed by atoms with E-state index in [1.165, 1.54) is 23.8 Å². The number of nitrogens with zero attached hydrogens (tertiary/aromatic N) is 4. The van der Waals surface area contributed by atoms with Crippen LogP contribution in [0.2, 0.25) is 0 Å². The molecular formula is C29H30N6O3. The first-order valence-electron chi connectivity index (χ1n) is 13.0. The van der Waals surface area contributed by atoms with E-state index >= 15 is 0 Å². The van der Waals surface area contributed by atoms with Crippen molar-refractivity contribution in [2.24, 2.45) is 0 Å². The van der Waals surface area contributed by atoms with Gasteiger partial charge in [-0.2, -0.15) is 5.26 Å². The SMILES string of the molecule is N#Cc1cnc(OC(=O)Nc2ccc(C3CCN(C(=O)Cc4ccncc4)CC3)cc2C2=CCCCC2)[nH]1. The number of amides is 2. The lowest BCUT2D eigenvalue weighted by atomic mass is 9.85. The average molecular weight is 511 g/mol. The molecule has 5 rings (SSSR count). The Labute approximate surface area is 221 Å². The van der Waals surface area contributed by atoms with Gasteiger partial charge in [0.2, 0.25) is 5.91 Å². The molecule has 1 saturated heterocycles. The molecule has 0 atom stereocenters. The fourth-order valence-electron chi connectivity index (χ4n) is 5.16. The van der Waals surface area contributed by atoms with Crippen LogP contribution in [-0.2, 0) is 11.2 Å². The first-order chi connectivity index (χ1) is 18.6. The Bertz CT molecular complexity index is 1370. The first kappa shape index (κ1) is 25.2. The van der Waals surface area contributed by atoms with Gasteiger partial charge in [-0.1, -0.05) is 12.1 Å². The molecule has 0 spiro atoms. The first-order valence-corrected chi connectivity index (χ1v) is 13.0. The van der Waals surface area contributed by atoms with Crippen LogP contribution in [0.5, 0.6) is 6.01 Å². The molecule has 2 amide bonds. The zero-order valence-electron chi connectivity index (χ0n) is 21.2. The van der Waals surface area contributed by atoms with Crippen LogP contribution < -0.4 is 10.1 Å². The number of carbonyl (C=O) groups excluding carboxylic acids is 2. The van der Waals surface area contributed by atoms with Crippen molar-refractivity contribution in [2.45, 2.75) is 50.9 Å². The van der Waals surface area contributed by atoms with Gasteiger partial charge in [-0.3, -0.25) is 20.1 Å². The topological polar surface area (TPSA) is 124 Å². The van der Waals surface area contributed by atoms with Crippen LogP contribution in [-0.4, -0.2) is 44.9 Å². The Kier molecular flexibility index (Phi) is 7.78. The van der Waals surface area contributed by atoms with Crippen LogP contribution in [0.1, 0.15) is 66.8 Å². The van der Waals surface area contributed by atoms with E-state index in [1.54, 1.807) is 12.4 Å². The van der Waals surface area contributed by atoms with Crippen molar-refractivity contribution in [3.05, 3.63) is 77.4 Å². The minimum Gasteiger partial charge on any atom is -0.375 e. The Hall–Kier alpha value is -4.45. The highest BCUT2D eigenvalue weighted by molar-refractivity contribution is 5.91. The third kappa shape index (κ3) is 6.09. The summed E-state index contributed by atoms with van der Waals surface area (Å²) in [6.45, 7) is 1.46. The molecule has 0 radical (unpaired) electrons. The van der Waals surface area contributed by atoms with Gasteiger partial charge < -0.3 is 9.64 Å². The molecule has 38 heavy (non-hydrogen) atoms. The fraction of sp³-hybridized carbons (Fsp3) is 0.345. The number of hydrogen-bond donors (Lipinski definition) is 2. The summed E-state index contributed by atoms with van der Waals surface area (Å²) in [5, 5.41) is 11.8. The van der Waals surface area contributed by atoms with E-state index in [-0.39, 0.29) is 17.6 Å². The van der Waals surface area contributed by atoms with Crippen molar-refractivity contribution in [3.8, 4) is 12.1 Å². The standard InChI is InChI=1S/C29H30N6O3/c30-18-24-19-32-28(33-24)38-29(37)34-26-7-6-23(17-25(26)22-4-2-1-3-5-22)21-10-14-35(15-11-21)27(36)16-20-8-12-31-13-9-20/h4,6-9,12-13,17,19,21H,1-3,5,10-11,14-16H2,(H,32,33)(H,34,37). The molecule has 3 heterocycles. The van der Waals surface area contributed by atoms with Crippen molar-refractivity contribution in [2.75, 3.05) is 18.4 Å². The fourth-order valence-corrected chi connectivity index (χ4v) is 5.16. The van der Waals surface area contributed by atoms with Crippen molar-refractivity contribution >= 4 is 23.3 Å². The average Bonchev–Trinajstić information content (AvgIpc) is 3.41. The van der Waals surface area contributed by atoms with Crippen LogP contribution in [0.3, 0.4) is 0 Å². The maximum absolute atomic E-state index is 12.8. The van der Waals surface area contributed by atoms with E-state index in [0.29, 0.717) is 18.0 Å². The largest absolute Gasteiger partial charge is 0.419 e. The molecule has 1 aromatic carbocycles. The number of aromatic nitrogens is 3. The number of carbonyl (C=O) groups is 2. The lowest BCUT2D eigenvalue weighted by molar-refractivity contribution is -0.131. The van der Waals surface area contributed by atoms with Crippen molar-refractivity contribution in [3.63, 3.8) is 0 Å².